The molecule has 5 aromatic rings. The molecule has 1 aromatic heterocycles. The molecule has 1 atom stereocenters. The zero-order chi connectivity index (χ0) is 18.7. The van der Waals surface area contributed by atoms with Gasteiger partial charge in [0.25, 0.3) is 0 Å². The van der Waals surface area contributed by atoms with Gasteiger partial charge in [0.1, 0.15) is 0 Å². The van der Waals surface area contributed by atoms with Crippen molar-refractivity contribution in [3.63, 3.8) is 0 Å². The van der Waals surface area contributed by atoms with Crippen LogP contribution in [0.4, 0.5) is 5.69 Å². The number of anilines is 1. The smallest absolute Gasteiger partial charge is 0.0544 e. The fraction of sp³-hybridized carbons (Fsp3) is 0. The summed E-state index contributed by atoms with van der Waals surface area (Å²) in [7, 11) is -0.692. The van der Waals surface area contributed by atoms with Gasteiger partial charge < -0.3 is 5.09 Å². The summed E-state index contributed by atoms with van der Waals surface area (Å²) in [5.41, 5.74) is 3.81. The van der Waals surface area contributed by atoms with Crippen LogP contribution < -0.4 is 15.7 Å². The summed E-state index contributed by atoms with van der Waals surface area (Å²) in [4.78, 5) is 0. The second-order valence-electron chi connectivity index (χ2n) is 6.88. The Labute approximate surface area is 177 Å². The number of halogens is 1. The van der Waals surface area contributed by atoms with Crippen molar-refractivity contribution in [3.05, 3.63) is 89.4 Å². The first-order valence-electron chi connectivity index (χ1n) is 9.16. The SMILES string of the molecule is Brc1cccc2c1-c1ccccc1NP2c1cccc2c1sc1ccccc12. The van der Waals surface area contributed by atoms with Crippen LogP contribution in [0.15, 0.2) is 89.4 Å². The highest BCUT2D eigenvalue weighted by molar-refractivity contribution is 9.10. The van der Waals surface area contributed by atoms with Crippen LogP contribution in [0.3, 0.4) is 0 Å². The van der Waals surface area contributed by atoms with E-state index in [1.54, 1.807) is 0 Å². The molecule has 0 saturated carbocycles. The molecule has 1 N–H and O–H groups in total. The summed E-state index contributed by atoms with van der Waals surface area (Å²) in [5.74, 6) is 0. The van der Waals surface area contributed by atoms with Gasteiger partial charge in [0.15, 0.2) is 0 Å². The zero-order valence-electron chi connectivity index (χ0n) is 14.8. The van der Waals surface area contributed by atoms with Crippen LogP contribution in [-0.4, -0.2) is 0 Å². The predicted octanol–water partition coefficient (Wildman–Crippen LogP) is 7.26. The van der Waals surface area contributed by atoms with Gasteiger partial charge in [-0.25, -0.2) is 0 Å². The highest BCUT2D eigenvalue weighted by Gasteiger charge is 2.28. The minimum absolute atomic E-state index is 0.692. The molecule has 0 aliphatic carbocycles. The van der Waals surface area contributed by atoms with E-state index in [1.165, 1.54) is 47.6 Å². The largest absolute Gasteiger partial charge is 0.356 e. The number of fused-ring (bicyclic) bond motifs is 6. The Morgan fingerprint density at radius 3 is 2.43 bits per heavy atom. The van der Waals surface area contributed by atoms with Crippen molar-refractivity contribution in [2.45, 2.75) is 0 Å². The molecule has 4 aromatic carbocycles. The van der Waals surface area contributed by atoms with Crippen molar-refractivity contribution in [3.8, 4) is 11.1 Å². The topological polar surface area (TPSA) is 12.0 Å². The van der Waals surface area contributed by atoms with E-state index in [4.69, 9.17) is 0 Å². The van der Waals surface area contributed by atoms with Gasteiger partial charge in [0.05, 0.1) is 8.07 Å². The number of nitrogens with one attached hydrogen (secondary N) is 1. The molecule has 0 spiro atoms. The first kappa shape index (κ1) is 16.7. The minimum Gasteiger partial charge on any atom is -0.356 e. The average Bonchev–Trinajstić information content (AvgIpc) is 3.12. The second-order valence-corrected chi connectivity index (χ2v) is 10.6. The lowest BCUT2D eigenvalue weighted by atomic mass is 10.0. The first-order chi connectivity index (χ1) is 13.8. The van der Waals surface area contributed by atoms with Gasteiger partial charge in [-0.1, -0.05) is 82.7 Å². The standard InChI is InChI=1S/C24H15BrNPS/c25-18-10-6-12-20-23(18)17-8-1-3-11-19(17)26-27(20)21-13-5-9-16-15-7-2-4-14-22(15)28-24(16)21/h1-14,26H. The molecule has 4 heteroatoms. The van der Waals surface area contributed by atoms with E-state index in [-0.39, 0.29) is 0 Å². The summed E-state index contributed by atoms with van der Waals surface area (Å²) >= 11 is 5.72. The number of benzene rings is 4. The molecule has 1 nitrogen and oxygen atoms in total. The number of rotatable bonds is 1. The van der Waals surface area contributed by atoms with Crippen LogP contribution in [-0.2, 0) is 0 Å². The maximum absolute atomic E-state index is 3.88. The lowest BCUT2D eigenvalue weighted by Crippen LogP contribution is -2.23. The zero-order valence-corrected chi connectivity index (χ0v) is 18.1. The lowest BCUT2D eigenvalue weighted by Gasteiger charge is -2.31. The molecule has 6 rings (SSSR count). The molecule has 1 unspecified atom stereocenters. The van der Waals surface area contributed by atoms with Gasteiger partial charge in [0.2, 0.25) is 0 Å². The Bertz CT molecular complexity index is 1370. The van der Waals surface area contributed by atoms with Crippen LogP contribution >= 0.6 is 35.3 Å². The average molecular weight is 460 g/mol. The molecule has 134 valence electrons. The van der Waals surface area contributed by atoms with Crippen LogP contribution in [0.2, 0.25) is 0 Å². The normalized spacial score (nSPS) is 15.2. The van der Waals surface area contributed by atoms with Gasteiger partial charge in [0, 0.05) is 52.1 Å². The maximum Gasteiger partial charge on any atom is 0.0544 e. The molecule has 0 saturated heterocycles. The number of hydrogen-bond acceptors (Lipinski definition) is 2. The molecule has 28 heavy (non-hydrogen) atoms. The molecule has 0 fully saturated rings. The number of para-hydroxylation sites is 1. The summed E-state index contributed by atoms with van der Waals surface area (Å²) in [6.07, 6.45) is 0. The first-order valence-corrected chi connectivity index (χ1v) is 12.1. The Hall–Kier alpha value is -2.19. The number of hydrogen-bond donors (Lipinski definition) is 1. The predicted molar refractivity (Wildman–Crippen MR) is 129 cm³/mol. The van der Waals surface area contributed by atoms with Crippen molar-refractivity contribution >= 4 is 71.8 Å². The van der Waals surface area contributed by atoms with Crippen molar-refractivity contribution in [1.29, 1.82) is 0 Å². The third kappa shape index (κ3) is 2.40. The molecule has 0 amide bonds. The molecular weight excluding hydrogens is 445 g/mol. The quantitative estimate of drug-likeness (QED) is 0.260. The third-order valence-electron chi connectivity index (χ3n) is 5.29. The van der Waals surface area contributed by atoms with Crippen LogP contribution in [0.25, 0.3) is 31.3 Å². The highest BCUT2D eigenvalue weighted by atomic mass is 79.9. The van der Waals surface area contributed by atoms with Gasteiger partial charge in [-0.3, -0.25) is 0 Å². The van der Waals surface area contributed by atoms with E-state index in [2.05, 4.69) is 106 Å². The van der Waals surface area contributed by atoms with Crippen LogP contribution in [0.1, 0.15) is 0 Å². The molecule has 1 aliphatic heterocycles. The molecule has 0 bridgehead atoms. The highest BCUT2D eigenvalue weighted by Crippen LogP contribution is 2.50. The van der Waals surface area contributed by atoms with Gasteiger partial charge in [-0.05, 0) is 18.2 Å². The monoisotopic (exact) mass is 459 g/mol. The number of thiophene rings is 1. The molecule has 1 aliphatic rings. The van der Waals surface area contributed by atoms with E-state index in [9.17, 15) is 0 Å². The van der Waals surface area contributed by atoms with Crippen molar-refractivity contribution in [2.75, 3.05) is 5.09 Å². The lowest BCUT2D eigenvalue weighted by molar-refractivity contribution is 1.58. The molecule has 2 heterocycles. The Balaban J connectivity index is 1.66. The third-order valence-corrected chi connectivity index (χ3v) is 9.49. The summed E-state index contributed by atoms with van der Waals surface area (Å²) in [6, 6.07) is 30.7. The summed E-state index contributed by atoms with van der Waals surface area (Å²) in [5, 5.41) is 9.38. The molecule has 0 radical (unpaired) electrons. The van der Waals surface area contributed by atoms with Crippen LogP contribution in [0.5, 0.6) is 0 Å². The van der Waals surface area contributed by atoms with Gasteiger partial charge in [-0.15, -0.1) is 11.3 Å². The van der Waals surface area contributed by atoms with E-state index in [0.29, 0.717) is 0 Å². The minimum atomic E-state index is -0.692. The van der Waals surface area contributed by atoms with E-state index in [0.717, 1.165) is 4.47 Å². The maximum atomic E-state index is 3.88. The Morgan fingerprint density at radius 2 is 1.46 bits per heavy atom. The summed E-state index contributed by atoms with van der Waals surface area (Å²) in [6.45, 7) is 0. The Morgan fingerprint density at radius 1 is 0.714 bits per heavy atom. The van der Waals surface area contributed by atoms with Crippen molar-refractivity contribution in [2.24, 2.45) is 0 Å². The molecular formula is C24H15BrNPS. The Kier molecular flexibility index (Phi) is 3.84. The fourth-order valence-corrected chi connectivity index (χ4v) is 8.50. The summed E-state index contributed by atoms with van der Waals surface area (Å²) < 4.78 is 3.91. The van der Waals surface area contributed by atoms with Gasteiger partial charge in [-0.2, -0.15) is 0 Å². The van der Waals surface area contributed by atoms with Crippen molar-refractivity contribution < 1.29 is 0 Å². The van der Waals surface area contributed by atoms with Crippen molar-refractivity contribution in [1.82, 2.24) is 0 Å². The second kappa shape index (κ2) is 6.42. The van der Waals surface area contributed by atoms with E-state index in [1.807, 2.05) is 11.3 Å². The van der Waals surface area contributed by atoms with Gasteiger partial charge >= 0.3 is 0 Å². The van der Waals surface area contributed by atoms with Crippen LogP contribution in [0, 0.1) is 0 Å². The van der Waals surface area contributed by atoms with E-state index >= 15 is 0 Å². The fourth-order valence-electron chi connectivity index (χ4n) is 4.04. The van der Waals surface area contributed by atoms with E-state index < -0.39 is 8.07 Å².